The first-order valence-electron chi connectivity index (χ1n) is 9.99. The molecule has 0 saturated heterocycles. The first kappa shape index (κ1) is 20.4. The maximum atomic E-state index is 5.85. The Morgan fingerprint density at radius 2 is 1.73 bits per heavy atom. The fraction of sp³-hybridized carbons (Fsp3) is 0.250. The number of thioether (sulfide) groups is 1. The Hall–Kier alpha value is -2.83. The van der Waals surface area contributed by atoms with Gasteiger partial charge in [-0.15, -0.1) is 22.0 Å². The van der Waals surface area contributed by atoms with Gasteiger partial charge in [0, 0.05) is 17.0 Å². The molecule has 4 rings (SSSR count). The van der Waals surface area contributed by atoms with Crippen LogP contribution in [0, 0.1) is 0 Å². The molecule has 0 atom stereocenters. The maximum Gasteiger partial charge on any atom is 0.247 e. The van der Waals surface area contributed by atoms with Gasteiger partial charge in [0.05, 0.1) is 12.4 Å². The smallest absolute Gasteiger partial charge is 0.247 e. The minimum Gasteiger partial charge on any atom is -0.494 e. The lowest BCUT2D eigenvalue weighted by Gasteiger charge is -2.10. The van der Waals surface area contributed by atoms with Gasteiger partial charge in [0.2, 0.25) is 11.8 Å². The fourth-order valence-electron chi connectivity index (χ4n) is 3.10. The van der Waals surface area contributed by atoms with Crippen LogP contribution in [0.5, 0.6) is 5.75 Å². The zero-order chi connectivity index (χ0) is 20.8. The number of aromatic nitrogens is 2. The van der Waals surface area contributed by atoms with Gasteiger partial charge >= 0.3 is 0 Å². The third-order valence-corrected chi connectivity index (χ3v) is 5.65. The van der Waals surface area contributed by atoms with E-state index in [1.54, 1.807) is 11.8 Å². The SMILES string of the molecule is CN(C)CCCOc1ccc(-c2nnc(CSc3ccc4ccccc4c3)o2)cc1. The quantitative estimate of drug-likeness (QED) is 0.263. The van der Waals surface area contributed by atoms with Gasteiger partial charge in [-0.1, -0.05) is 30.3 Å². The molecular weight excluding hydrogens is 394 g/mol. The Morgan fingerprint density at radius 3 is 2.53 bits per heavy atom. The molecule has 0 aliphatic carbocycles. The molecule has 0 fully saturated rings. The molecule has 0 saturated carbocycles. The average Bonchev–Trinajstić information content (AvgIpc) is 3.24. The molecule has 1 heterocycles. The van der Waals surface area contributed by atoms with Crippen molar-refractivity contribution < 1.29 is 9.15 Å². The van der Waals surface area contributed by atoms with Crippen LogP contribution in [0.2, 0.25) is 0 Å². The van der Waals surface area contributed by atoms with Crippen molar-refractivity contribution in [3.8, 4) is 17.2 Å². The van der Waals surface area contributed by atoms with Gasteiger partial charge in [-0.05, 0) is 67.7 Å². The van der Waals surface area contributed by atoms with Crippen LogP contribution in [-0.2, 0) is 5.75 Å². The van der Waals surface area contributed by atoms with Crippen molar-refractivity contribution in [2.45, 2.75) is 17.1 Å². The van der Waals surface area contributed by atoms with E-state index in [0.717, 1.165) is 24.3 Å². The monoisotopic (exact) mass is 419 g/mol. The van der Waals surface area contributed by atoms with Crippen molar-refractivity contribution in [3.05, 3.63) is 72.6 Å². The largest absolute Gasteiger partial charge is 0.494 e. The third kappa shape index (κ3) is 5.40. The summed E-state index contributed by atoms with van der Waals surface area (Å²) in [4.78, 5) is 3.34. The van der Waals surface area contributed by atoms with Gasteiger partial charge in [0.1, 0.15) is 5.75 Å². The summed E-state index contributed by atoms with van der Waals surface area (Å²) in [7, 11) is 4.13. The number of fused-ring (bicyclic) bond motifs is 1. The molecule has 0 spiro atoms. The van der Waals surface area contributed by atoms with Crippen LogP contribution in [0.4, 0.5) is 0 Å². The van der Waals surface area contributed by atoms with Crippen molar-refractivity contribution in [1.82, 2.24) is 15.1 Å². The molecule has 0 aliphatic heterocycles. The van der Waals surface area contributed by atoms with E-state index in [1.165, 1.54) is 15.7 Å². The molecule has 4 aromatic rings. The molecule has 0 bridgehead atoms. The van der Waals surface area contributed by atoms with Gasteiger partial charge < -0.3 is 14.1 Å². The van der Waals surface area contributed by atoms with Crippen molar-refractivity contribution in [1.29, 1.82) is 0 Å². The molecule has 1 aromatic heterocycles. The molecule has 3 aromatic carbocycles. The van der Waals surface area contributed by atoms with Crippen LogP contribution in [0.25, 0.3) is 22.2 Å². The van der Waals surface area contributed by atoms with E-state index in [0.29, 0.717) is 24.1 Å². The first-order valence-corrected chi connectivity index (χ1v) is 11.0. The predicted molar refractivity (Wildman–Crippen MR) is 122 cm³/mol. The maximum absolute atomic E-state index is 5.85. The van der Waals surface area contributed by atoms with Crippen LogP contribution < -0.4 is 4.74 Å². The highest BCUT2D eigenvalue weighted by atomic mass is 32.2. The molecule has 5 nitrogen and oxygen atoms in total. The second-order valence-electron chi connectivity index (χ2n) is 7.33. The van der Waals surface area contributed by atoms with Crippen LogP contribution >= 0.6 is 11.8 Å². The zero-order valence-corrected chi connectivity index (χ0v) is 18.1. The summed E-state index contributed by atoms with van der Waals surface area (Å²) < 4.78 is 11.6. The highest BCUT2D eigenvalue weighted by molar-refractivity contribution is 7.98. The molecule has 154 valence electrons. The van der Waals surface area contributed by atoms with Gasteiger partial charge in [-0.2, -0.15) is 0 Å². The minimum atomic E-state index is 0.531. The summed E-state index contributed by atoms with van der Waals surface area (Å²) in [6.45, 7) is 1.72. The summed E-state index contributed by atoms with van der Waals surface area (Å²) in [6.07, 6.45) is 0.997. The standard InChI is InChI=1S/C24H25N3O2S/c1-27(2)14-5-15-28-21-11-8-19(9-12-21)24-26-25-23(29-24)17-30-22-13-10-18-6-3-4-7-20(18)16-22/h3-4,6-13,16H,5,14-15,17H2,1-2H3. The second-order valence-corrected chi connectivity index (χ2v) is 8.38. The van der Waals surface area contributed by atoms with Crippen LogP contribution in [0.1, 0.15) is 12.3 Å². The van der Waals surface area contributed by atoms with Gasteiger partial charge in [-0.25, -0.2) is 0 Å². The molecule has 0 aliphatic rings. The Balaban J connectivity index is 1.33. The molecule has 30 heavy (non-hydrogen) atoms. The van der Waals surface area contributed by atoms with E-state index < -0.39 is 0 Å². The normalized spacial score (nSPS) is 11.3. The predicted octanol–water partition coefficient (Wildman–Crippen LogP) is 5.51. The van der Waals surface area contributed by atoms with E-state index in [9.17, 15) is 0 Å². The van der Waals surface area contributed by atoms with E-state index in [2.05, 4.69) is 71.7 Å². The van der Waals surface area contributed by atoms with Crippen molar-refractivity contribution in [3.63, 3.8) is 0 Å². The highest BCUT2D eigenvalue weighted by Crippen LogP contribution is 2.28. The Bertz CT molecular complexity index is 1090. The topological polar surface area (TPSA) is 51.4 Å². The first-order chi connectivity index (χ1) is 14.7. The van der Waals surface area contributed by atoms with E-state index in [1.807, 2.05) is 24.3 Å². The van der Waals surface area contributed by atoms with Crippen LogP contribution in [-0.4, -0.2) is 42.3 Å². The number of benzene rings is 3. The molecule has 0 amide bonds. The van der Waals surface area contributed by atoms with E-state index >= 15 is 0 Å². The number of nitrogens with zero attached hydrogens (tertiary/aromatic N) is 3. The summed E-state index contributed by atoms with van der Waals surface area (Å²) in [6, 6.07) is 22.6. The Kier molecular flexibility index (Phi) is 6.67. The summed E-state index contributed by atoms with van der Waals surface area (Å²) in [5.74, 6) is 2.64. The molecule has 0 unspecified atom stereocenters. The van der Waals surface area contributed by atoms with Gasteiger partial charge in [-0.3, -0.25) is 0 Å². The van der Waals surface area contributed by atoms with Crippen LogP contribution in [0.3, 0.4) is 0 Å². The lowest BCUT2D eigenvalue weighted by Crippen LogP contribution is -2.15. The summed E-state index contributed by atoms with van der Waals surface area (Å²) in [5, 5.41) is 10.9. The molecule has 0 radical (unpaired) electrons. The van der Waals surface area contributed by atoms with Gasteiger partial charge in [0.15, 0.2) is 0 Å². The summed E-state index contributed by atoms with van der Waals surface area (Å²) >= 11 is 1.69. The minimum absolute atomic E-state index is 0.531. The van der Waals surface area contributed by atoms with E-state index in [-0.39, 0.29) is 0 Å². The van der Waals surface area contributed by atoms with Crippen molar-refractivity contribution in [2.75, 3.05) is 27.2 Å². The number of hydrogen-bond donors (Lipinski definition) is 0. The van der Waals surface area contributed by atoms with Gasteiger partial charge in [0.25, 0.3) is 0 Å². The number of ether oxygens (including phenoxy) is 1. The second kappa shape index (κ2) is 9.78. The van der Waals surface area contributed by atoms with E-state index in [4.69, 9.17) is 9.15 Å². The molecular formula is C24H25N3O2S. The van der Waals surface area contributed by atoms with Crippen molar-refractivity contribution in [2.24, 2.45) is 0 Å². The molecule has 0 N–H and O–H groups in total. The number of rotatable bonds is 9. The highest BCUT2D eigenvalue weighted by Gasteiger charge is 2.09. The lowest BCUT2D eigenvalue weighted by atomic mass is 10.1. The Morgan fingerprint density at radius 1 is 0.933 bits per heavy atom. The molecule has 6 heteroatoms. The average molecular weight is 420 g/mol. The summed E-state index contributed by atoms with van der Waals surface area (Å²) in [5.41, 5.74) is 0.894. The van der Waals surface area contributed by atoms with Crippen molar-refractivity contribution >= 4 is 22.5 Å². The lowest BCUT2D eigenvalue weighted by molar-refractivity contribution is 0.281. The number of hydrogen-bond acceptors (Lipinski definition) is 6. The van der Waals surface area contributed by atoms with Crippen LogP contribution in [0.15, 0.2) is 76.0 Å². The zero-order valence-electron chi connectivity index (χ0n) is 17.2. The Labute approximate surface area is 181 Å². The fourth-order valence-corrected chi connectivity index (χ4v) is 3.88. The third-order valence-electron chi connectivity index (χ3n) is 4.67.